The first kappa shape index (κ1) is 17.1. The van der Waals surface area contributed by atoms with Crippen molar-refractivity contribution in [2.75, 3.05) is 0 Å². The Hall–Kier alpha value is -0.260. The van der Waals surface area contributed by atoms with Crippen molar-refractivity contribution in [2.24, 2.45) is 47.3 Å². The average Bonchev–Trinajstić information content (AvgIpc) is 3.34. The summed E-state index contributed by atoms with van der Waals surface area (Å²) in [7, 11) is 0. The lowest BCUT2D eigenvalue weighted by molar-refractivity contribution is 0.0823. The third kappa shape index (κ3) is 2.41. The van der Waals surface area contributed by atoms with Crippen LogP contribution in [0.2, 0.25) is 0 Å². The summed E-state index contributed by atoms with van der Waals surface area (Å²) in [5.41, 5.74) is 0. The van der Waals surface area contributed by atoms with Gasteiger partial charge in [-0.25, -0.2) is 0 Å². The van der Waals surface area contributed by atoms with Crippen molar-refractivity contribution in [3.8, 4) is 0 Å². The molecule has 0 aromatic carbocycles. The summed E-state index contributed by atoms with van der Waals surface area (Å²) < 4.78 is 0. The Morgan fingerprint density at radius 3 is 1.86 bits per heavy atom. The van der Waals surface area contributed by atoms with E-state index in [0.29, 0.717) is 0 Å². The van der Waals surface area contributed by atoms with E-state index in [0.717, 1.165) is 23.7 Å². The van der Waals surface area contributed by atoms with Gasteiger partial charge < -0.3 is 0 Å². The predicted molar refractivity (Wildman–Crippen MR) is 94.2 cm³/mol. The molecule has 0 N–H and O–H groups in total. The summed E-state index contributed by atoms with van der Waals surface area (Å²) in [4.78, 5) is 0. The first-order valence-electron chi connectivity index (χ1n) is 10.1. The second-order valence-corrected chi connectivity index (χ2v) is 6.96. The lowest BCUT2D eigenvalue weighted by atomic mass is 9.64. The van der Waals surface area contributed by atoms with Gasteiger partial charge in [0.2, 0.25) is 0 Å². The summed E-state index contributed by atoms with van der Waals surface area (Å²) in [5.74, 6) is 9.19. The fourth-order valence-electron chi connectivity index (χ4n) is 6.77. The summed E-state index contributed by atoms with van der Waals surface area (Å²) in [6, 6.07) is 0. The minimum atomic E-state index is 1.04. The molecular formula is C21H38. The molecule has 8 unspecified atom stereocenters. The molecule has 4 fully saturated rings. The average molecular weight is 291 g/mol. The quantitative estimate of drug-likeness (QED) is 0.349. The number of hydrogen-bond donors (Lipinski definition) is 0. The van der Waals surface area contributed by atoms with Crippen molar-refractivity contribution < 1.29 is 0 Å². The number of fused-ring (bicyclic) bond motifs is 12. The minimum absolute atomic E-state index is 1.04. The van der Waals surface area contributed by atoms with Crippen molar-refractivity contribution in [3.63, 3.8) is 0 Å². The van der Waals surface area contributed by atoms with Crippen LogP contribution in [-0.4, -0.2) is 0 Å². The number of rotatable bonds is 0. The van der Waals surface area contributed by atoms with Crippen LogP contribution < -0.4 is 0 Å². The van der Waals surface area contributed by atoms with Gasteiger partial charge in [0, 0.05) is 0 Å². The van der Waals surface area contributed by atoms with E-state index in [2.05, 4.69) is 12.2 Å². The largest absolute Gasteiger partial charge is 0.0879 e. The lowest BCUT2D eigenvalue weighted by Gasteiger charge is -2.40. The van der Waals surface area contributed by atoms with Gasteiger partial charge in [0.05, 0.1) is 0 Å². The van der Waals surface area contributed by atoms with Gasteiger partial charge >= 0.3 is 0 Å². The third-order valence-corrected chi connectivity index (χ3v) is 6.89. The Balaban J connectivity index is 0.000000244. The zero-order valence-electron chi connectivity index (χ0n) is 15.3. The number of allylic oxidation sites excluding steroid dienone is 2. The molecule has 5 rings (SSSR count). The van der Waals surface area contributed by atoms with Gasteiger partial charge in [0.25, 0.3) is 0 Å². The number of hydrogen-bond acceptors (Lipinski definition) is 0. The van der Waals surface area contributed by atoms with Crippen LogP contribution >= 0.6 is 0 Å². The Morgan fingerprint density at radius 2 is 1.24 bits per heavy atom. The molecule has 0 aliphatic heterocycles. The fourth-order valence-corrected chi connectivity index (χ4v) is 6.77. The van der Waals surface area contributed by atoms with E-state index in [1.54, 1.807) is 25.7 Å². The molecule has 0 spiro atoms. The molecule has 5 aliphatic rings. The van der Waals surface area contributed by atoms with Crippen molar-refractivity contribution in [2.45, 2.75) is 73.6 Å². The standard InChI is InChI=1S/C15H20.3C2H6/c1-2-10-11(3-1)13-7-12(10)14-8-4-5-9(6-8)15(13)14;3*1-2/h1-2,8-15H,3-7H2;3*1-2H3. The maximum absolute atomic E-state index is 2.59. The molecule has 8 atom stereocenters. The molecule has 4 saturated carbocycles. The van der Waals surface area contributed by atoms with Crippen LogP contribution in [0.4, 0.5) is 0 Å². The molecule has 5 aliphatic carbocycles. The second-order valence-electron chi connectivity index (χ2n) is 6.96. The van der Waals surface area contributed by atoms with Crippen LogP contribution in [0, 0.1) is 47.3 Å². The van der Waals surface area contributed by atoms with Gasteiger partial charge in [-0.05, 0) is 79.4 Å². The van der Waals surface area contributed by atoms with Crippen LogP contribution in [0.5, 0.6) is 0 Å². The summed E-state index contributed by atoms with van der Waals surface area (Å²) in [6.07, 6.45) is 13.0. The zero-order chi connectivity index (χ0) is 15.6. The highest BCUT2D eigenvalue weighted by Gasteiger charge is 2.65. The van der Waals surface area contributed by atoms with Crippen LogP contribution in [0.1, 0.15) is 73.6 Å². The molecule has 122 valence electrons. The Bertz CT molecular complexity index is 342. The first-order chi connectivity index (χ1) is 10.4. The van der Waals surface area contributed by atoms with Crippen molar-refractivity contribution in [1.29, 1.82) is 0 Å². The van der Waals surface area contributed by atoms with E-state index in [1.165, 1.54) is 30.1 Å². The van der Waals surface area contributed by atoms with Crippen molar-refractivity contribution in [3.05, 3.63) is 12.2 Å². The summed E-state index contributed by atoms with van der Waals surface area (Å²) in [5, 5.41) is 0. The molecule has 0 saturated heterocycles. The third-order valence-electron chi connectivity index (χ3n) is 6.89. The van der Waals surface area contributed by atoms with Gasteiger partial charge in [-0.15, -0.1) is 0 Å². The maximum Gasteiger partial charge on any atom is -0.0168 e. The molecule has 4 bridgehead atoms. The molecule has 0 radical (unpaired) electrons. The van der Waals surface area contributed by atoms with E-state index in [-0.39, 0.29) is 0 Å². The molecule has 0 aromatic heterocycles. The van der Waals surface area contributed by atoms with Gasteiger partial charge in [-0.1, -0.05) is 53.7 Å². The molecule has 0 amide bonds. The monoisotopic (exact) mass is 290 g/mol. The second kappa shape index (κ2) is 7.34. The zero-order valence-corrected chi connectivity index (χ0v) is 15.3. The predicted octanol–water partition coefficient (Wildman–Crippen LogP) is 6.57. The van der Waals surface area contributed by atoms with Crippen molar-refractivity contribution in [1.82, 2.24) is 0 Å². The summed E-state index contributed by atoms with van der Waals surface area (Å²) >= 11 is 0. The Morgan fingerprint density at radius 1 is 0.667 bits per heavy atom. The Kier molecular flexibility index (Phi) is 5.97. The highest BCUT2D eigenvalue weighted by atomic mass is 14.7. The summed E-state index contributed by atoms with van der Waals surface area (Å²) in [6.45, 7) is 12.0. The van der Waals surface area contributed by atoms with E-state index >= 15 is 0 Å². The molecule has 21 heavy (non-hydrogen) atoms. The highest BCUT2D eigenvalue weighted by Crippen LogP contribution is 2.71. The minimum Gasteiger partial charge on any atom is -0.0879 e. The normalized spacial score (nSPS) is 49.2. The lowest BCUT2D eigenvalue weighted by Crippen LogP contribution is -2.36. The topological polar surface area (TPSA) is 0 Å². The molecule has 0 heteroatoms. The van der Waals surface area contributed by atoms with Crippen LogP contribution in [0.3, 0.4) is 0 Å². The van der Waals surface area contributed by atoms with Gasteiger partial charge in [0.15, 0.2) is 0 Å². The van der Waals surface area contributed by atoms with Crippen molar-refractivity contribution >= 4 is 0 Å². The fraction of sp³-hybridized carbons (Fsp3) is 0.905. The van der Waals surface area contributed by atoms with Crippen LogP contribution in [-0.2, 0) is 0 Å². The Labute approximate surface area is 133 Å². The van der Waals surface area contributed by atoms with Crippen LogP contribution in [0.15, 0.2) is 12.2 Å². The molecule has 0 aromatic rings. The van der Waals surface area contributed by atoms with E-state index in [1.807, 2.05) is 41.5 Å². The first-order valence-corrected chi connectivity index (χ1v) is 10.1. The maximum atomic E-state index is 2.59. The molecule has 0 heterocycles. The van der Waals surface area contributed by atoms with Crippen LogP contribution in [0.25, 0.3) is 0 Å². The van der Waals surface area contributed by atoms with E-state index in [9.17, 15) is 0 Å². The van der Waals surface area contributed by atoms with Gasteiger partial charge in [-0.2, -0.15) is 0 Å². The SMILES string of the molecule is C1=CC2C(C1)C1CC2C2C3CCC(C3)C12.CC.CC.CC. The van der Waals surface area contributed by atoms with Gasteiger partial charge in [-0.3, -0.25) is 0 Å². The molecule has 0 nitrogen and oxygen atoms in total. The highest BCUT2D eigenvalue weighted by molar-refractivity contribution is 5.20. The van der Waals surface area contributed by atoms with Gasteiger partial charge in [0.1, 0.15) is 0 Å². The van der Waals surface area contributed by atoms with E-state index < -0.39 is 0 Å². The smallest absolute Gasteiger partial charge is 0.0168 e. The van der Waals surface area contributed by atoms with E-state index in [4.69, 9.17) is 0 Å². The molecular weight excluding hydrogens is 252 g/mol.